The molecule has 1 aromatic rings. The molecule has 0 heterocycles. The first-order valence-electron chi connectivity index (χ1n) is 7.29. The van der Waals surface area contributed by atoms with Gasteiger partial charge < -0.3 is 20.1 Å². The number of nitrogens with zero attached hydrogens (tertiary/aromatic N) is 1. The van der Waals surface area contributed by atoms with Gasteiger partial charge in [0.15, 0.2) is 0 Å². The molecule has 0 aliphatic heterocycles. The van der Waals surface area contributed by atoms with Crippen LogP contribution in [0.1, 0.15) is 26.2 Å². The number of nitrogens with two attached hydrogens (primary N) is 1. The predicted octanol–water partition coefficient (Wildman–Crippen LogP) is 2.19. The molecule has 2 N–H and O–H groups in total. The molecular formula is C16H26N2O3. The largest absolute Gasteiger partial charge is 0.497 e. The van der Waals surface area contributed by atoms with E-state index in [2.05, 4.69) is 0 Å². The van der Waals surface area contributed by atoms with Crippen molar-refractivity contribution in [3.63, 3.8) is 0 Å². The monoisotopic (exact) mass is 294 g/mol. The molecule has 0 fully saturated rings. The van der Waals surface area contributed by atoms with Crippen molar-refractivity contribution < 1.29 is 14.3 Å². The van der Waals surface area contributed by atoms with Gasteiger partial charge in [-0.15, -0.1) is 0 Å². The summed E-state index contributed by atoms with van der Waals surface area (Å²) < 4.78 is 10.4. The van der Waals surface area contributed by atoms with Crippen LogP contribution < -0.4 is 15.4 Å². The Morgan fingerprint density at radius 2 is 2.14 bits per heavy atom. The van der Waals surface area contributed by atoms with Crippen LogP contribution in [0.4, 0.5) is 5.69 Å². The van der Waals surface area contributed by atoms with E-state index in [-0.39, 0.29) is 12.0 Å². The second kappa shape index (κ2) is 9.37. The number of ether oxygens (including phenoxy) is 2. The molecule has 0 saturated carbocycles. The van der Waals surface area contributed by atoms with Gasteiger partial charge in [-0.3, -0.25) is 4.79 Å². The molecule has 0 aliphatic rings. The topological polar surface area (TPSA) is 64.8 Å². The lowest BCUT2D eigenvalue weighted by molar-refractivity contribution is -0.119. The molecule has 21 heavy (non-hydrogen) atoms. The smallest absolute Gasteiger partial charge is 0.227 e. The van der Waals surface area contributed by atoms with Crippen LogP contribution >= 0.6 is 0 Å². The summed E-state index contributed by atoms with van der Waals surface area (Å²) in [5, 5.41) is 0. The van der Waals surface area contributed by atoms with Crippen molar-refractivity contribution in [3.05, 3.63) is 24.3 Å². The van der Waals surface area contributed by atoms with Gasteiger partial charge in [-0.2, -0.15) is 0 Å². The molecule has 0 aromatic heterocycles. The van der Waals surface area contributed by atoms with Gasteiger partial charge in [0.05, 0.1) is 13.2 Å². The lowest BCUT2D eigenvalue weighted by Gasteiger charge is -2.23. The standard InChI is InChI=1S/C16H26N2O3/c1-13(20-2)8-9-16(19)18(11-5-10-17)14-6-4-7-15(12-14)21-3/h4,6-7,12-13H,5,8-11,17H2,1-3H3. The van der Waals surface area contributed by atoms with E-state index in [9.17, 15) is 4.79 Å². The number of amides is 1. The molecule has 1 unspecified atom stereocenters. The van der Waals surface area contributed by atoms with Crippen molar-refractivity contribution in [1.29, 1.82) is 0 Å². The molecule has 0 radical (unpaired) electrons. The van der Waals surface area contributed by atoms with Gasteiger partial charge in [0, 0.05) is 31.8 Å². The Balaban J connectivity index is 2.80. The fourth-order valence-corrected chi connectivity index (χ4v) is 2.01. The number of hydrogen-bond donors (Lipinski definition) is 1. The summed E-state index contributed by atoms with van der Waals surface area (Å²) in [6.45, 7) is 3.13. The number of hydrogen-bond acceptors (Lipinski definition) is 4. The number of rotatable bonds is 9. The van der Waals surface area contributed by atoms with Gasteiger partial charge in [0.1, 0.15) is 5.75 Å². The van der Waals surface area contributed by atoms with E-state index in [0.29, 0.717) is 25.9 Å². The van der Waals surface area contributed by atoms with Crippen molar-refractivity contribution in [2.24, 2.45) is 5.73 Å². The Morgan fingerprint density at radius 1 is 1.38 bits per heavy atom. The number of anilines is 1. The Kier molecular flexibility index (Phi) is 7.79. The fourth-order valence-electron chi connectivity index (χ4n) is 2.01. The van der Waals surface area contributed by atoms with Gasteiger partial charge in [-0.05, 0) is 38.4 Å². The summed E-state index contributed by atoms with van der Waals surface area (Å²) in [5.41, 5.74) is 6.42. The van der Waals surface area contributed by atoms with Gasteiger partial charge >= 0.3 is 0 Å². The van der Waals surface area contributed by atoms with Crippen LogP contribution in [-0.4, -0.2) is 39.3 Å². The van der Waals surface area contributed by atoms with Crippen LogP contribution in [-0.2, 0) is 9.53 Å². The zero-order chi connectivity index (χ0) is 15.7. The Bertz CT molecular complexity index is 437. The minimum atomic E-state index is 0.0793. The van der Waals surface area contributed by atoms with Crippen LogP contribution in [0.2, 0.25) is 0 Å². The van der Waals surface area contributed by atoms with Crippen LogP contribution in [0.25, 0.3) is 0 Å². The van der Waals surface area contributed by atoms with Crippen molar-refractivity contribution in [3.8, 4) is 5.75 Å². The zero-order valence-electron chi connectivity index (χ0n) is 13.2. The average Bonchev–Trinajstić information content (AvgIpc) is 2.53. The van der Waals surface area contributed by atoms with Gasteiger partial charge in [0.2, 0.25) is 5.91 Å². The molecule has 1 amide bonds. The van der Waals surface area contributed by atoms with Crippen LogP contribution in [0, 0.1) is 0 Å². The first-order valence-corrected chi connectivity index (χ1v) is 7.29. The summed E-state index contributed by atoms with van der Waals surface area (Å²) in [4.78, 5) is 14.2. The van der Waals surface area contributed by atoms with E-state index in [1.807, 2.05) is 31.2 Å². The van der Waals surface area contributed by atoms with E-state index in [4.69, 9.17) is 15.2 Å². The van der Waals surface area contributed by atoms with E-state index in [1.54, 1.807) is 19.1 Å². The highest BCUT2D eigenvalue weighted by atomic mass is 16.5. The van der Waals surface area contributed by atoms with Crippen molar-refractivity contribution in [2.45, 2.75) is 32.3 Å². The molecule has 0 saturated heterocycles. The molecule has 5 heteroatoms. The molecule has 0 spiro atoms. The lowest BCUT2D eigenvalue weighted by Crippen LogP contribution is -2.33. The van der Waals surface area contributed by atoms with Crippen LogP contribution in [0.5, 0.6) is 5.75 Å². The number of carbonyl (C=O) groups excluding carboxylic acids is 1. The highest BCUT2D eigenvalue weighted by Crippen LogP contribution is 2.22. The molecule has 1 atom stereocenters. The Hall–Kier alpha value is -1.59. The molecular weight excluding hydrogens is 268 g/mol. The second-order valence-corrected chi connectivity index (χ2v) is 4.97. The highest BCUT2D eigenvalue weighted by Gasteiger charge is 2.16. The first kappa shape index (κ1) is 17.5. The second-order valence-electron chi connectivity index (χ2n) is 4.97. The summed E-state index contributed by atoms with van der Waals surface area (Å²) in [6.07, 6.45) is 2.01. The quantitative estimate of drug-likeness (QED) is 0.758. The van der Waals surface area contributed by atoms with Crippen molar-refractivity contribution in [1.82, 2.24) is 0 Å². The maximum absolute atomic E-state index is 12.5. The summed E-state index contributed by atoms with van der Waals surface area (Å²) in [6, 6.07) is 7.53. The van der Waals surface area contributed by atoms with E-state index >= 15 is 0 Å². The average molecular weight is 294 g/mol. The van der Waals surface area contributed by atoms with Gasteiger partial charge in [0.25, 0.3) is 0 Å². The Labute approximate surface area is 127 Å². The zero-order valence-corrected chi connectivity index (χ0v) is 13.2. The van der Waals surface area contributed by atoms with Gasteiger partial charge in [-0.25, -0.2) is 0 Å². The molecule has 1 rings (SSSR count). The van der Waals surface area contributed by atoms with E-state index < -0.39 is 0 Å². The fraction of sp³-hybridized carbons (Fsp3) is 0.562. The minimum absolute atomic E-state index is 0.0793. The number of carbonyl (C=O) groups is 1. The first-order chi connectivity index (χ1) is 10.1. The highest BCUT2D eigenvalue weighted by molar-refractivity contribution is 5.93. The summed E-state index contributed by atoms with van der Waals surface area (Å²) in [5.74, 6) is 0.823. The summed E-state index contributed by atoms with van der Waals surface area (Å²) in [7, 11) is 3.27. The third-order valence-corrected chi connectivity index (χ3v) is 3.42. The summed E-state index contributed by atoms with van der Waals surface area (Å²) >= 11 is 0. The molecule has 0 aliphatic carbocycles. The predicted molar refractivity (Wildman–Crippen MR) is 84.7 cm³/mol. The lowest BCUT2D eigenvalue weighted by atomic mass is 10.1. The van der Waals surface area contributed by atoms with E-state index in [1.165, 1.54) is 0 Å². The number of methoxy groups -OCH3 is 2. The SMILES string of the molecule is COc1cccc(N(CCCN)C(=O)CCC(C)OC)c1. The molecule has 118 valence electrons. The number of benzene rings is 1. The Morgan fingerprint density at radius 3 is 2.76 bits per heavy atom. The molecule has 5 nitrogen and oxygen atoms in total. The van der Waals surface area contributed by atoms with Crippen LogP contribution in [0.3, 0.4) is 0 Å². The minimum Gasteiger partial charge on any atom is -0.497 e. The maximum Gasteiger partial charge on any atom is 0.227 e. The molecule has 0 bridgehead atoms. The third-order valence-electron chi connectivity index (χ3n) is 3.42. The van der Waals surface area contributed by atoms with Crippen LogP contribution in [0.15, 0.2) is 24.3 Å². The van der Waals surface area contributed by atoms with Gasteiger partial charge in [-0.1, -0.05) is 6.07 Å². The van der Waals surface area contributed by atoms with Crippen molar-refractivity contribution >= 4 is 11.6 Å². The van der Waals surface area contributed by atoms with Crippen molar-refractivity contribution in [2.75, 3.05) is 32.2 Å². The molecule has 1 aromatic carbocycles. The maximum atomic E-state index is 12.5. The third kappa shape index (κ3) is 5.73. The normalized spacial score (nSPS) is 12.0. The van der Waals surface area contributed by atoms with E-state index in [0.717, 1.165) is 17.9 Å².